The van der Waals surface area contributed by atoms with E-state index in [0.717, 1.165) is 12.8 Å². The molecule has 2 fully saturated rings. The van der Waals surface area contributed by atoms with E-state index < -0.39 is 10.5 Å². The summed E-state index contributed by atoms with van der Waals surface area (Å²) in [7, 11) is 0. The highest BCUT2D eigenvalue weighted by Gasteiger charge is 2.53. The van der Waals surface area contributed by atoms with Crippen LogP contribution in [0, 0.1) is 23.0 Å². The number of nitrogens with zero attached hydrogens (tertiary/aromatic N) is 2. The predicted molar refractivity (Wildman–Crippen MR) is 71.4 cm³/mol. The van der Waals surface area contributed by atoms with Gasteiger partial charge < -0.3 is 10.0 Å². The number of non-ortho nitro benzene ring substituents is 1. The largest absolute Gasteiger partial charge is 0.386 e. The number of hydrogen-bond donors (Lipinski definition) is 1. The van der Waals surface area contributed by atoms with Gasteiger partial charge in [-0.3, -0.25) is 14.9 Å². The molecule has 1 N–H and O–H groups in total. The van der Waals surface area contributed by atoms with Gasteiger partial charge in [-0.15, -0.1) is 0 Å². The number of rotatable bonds is 3. The van der Waals surface area contributed by atoms with E-state index in [1.807, 2.05) is 0 Å². The Labute approximate surface area is 116 Å². The zero-order valence-electron chi connectivity index (χ0n) is 11.2. The Kier molecular flexibility index (Phi) is 2.79. The summed E-state index contributed by atoms with van der Waals surface area (Å²) in [5.74, 6) is 0.0780. The summed E-state index contributed by atoms with van der Waals surface area (Å²) in [6.45, 7) is 2.42. The molecule has 1 heterocycles. The van der Waals surface area contributed by atoms with E-state index in [0.29, 0.717) is 30.1 Å². The Bertz CT molecular complexity index is 589. The third-order valence-electron chi connectivity index (χ3n) is 4.22. The van der Waals surface area contributed by atoms with Crippen LogP contribution in [0.1, 0.15) is 28.8 Å². The molecule has 106 valence electrons. The monoisotopic (exact) mass is 276 g/mol. The van der Waals surface area contributed by atoms with Crippen molar-refractivity contribution >= 4 is 11.6 Å². The number of nitro benzene ring substituents is 1. The minimum atomic E-state index is -0.732. The summed E-state index contributed by atoms with van der Waals surface area (Å²) in [5, 5.41) is 21.0. The molecule has 3 rings (SSSR count). The van der Waals surface area contributed by atoms with Gasteiger partial charge in [-0.05, 0) is 31.2 Å². The van der Waals surface area contributed by atoms with Crippen molar-refractivity contribution in [3.05, 3.63) is 39.4 Å². The summed E-state index contributed by atoms with van der Waals surface area (Å²) in [6.07, 6.45) is 2.04. The lowest BCUT2D eigenvalue weighted by molar-refractivity contribution is -0.384. The Morgan fingerprint density at radius 3 is 2.65 bits per heavy atom. The normalized spacial score (nSPS) is 20.4. The van der Waals surface area contributed by atoms with Crippen molar-refractivity contribution in [2.75, 3.05) is 13.1 Å². The molecule has 1 saturated carbocycles. The van der Waals surface area contributed by atoms with Crippen molar-refractivity contribution < 1.29 is 14.8 Å². The first kappa shape index (κ1) is 13.1. The highest BCUT2D eigenvalue weighted by molar-refractivity contribution is 5.97. The van der Waals surface area contributed by atoms with E-state index in [-0.39, 0.29) is 11.6 Å². The van der Waals surface area contributed by atoms with Gasteiger partial charge in [0.2, 0.25) is 0 Å². The standard InChI is InChI=1S/C14H16N2O4/c1-9-2-5-11(16(19)20)6-12(9)13(17)15-7-14(18,8-15)10-3-4-10/h2,5-6,10,18H,3-4,7-8H2,1H3. The molecular weight excluding hydrogens is 260 g/mol. The highest BCUT2D eigenvalue weighted by Crippen LogP contribution is 2.44. The fourth-order valence-corrected chi connectivity index (χ4v) is 2.76. The lowest BCUT2D eigenvalue weighted by Crippen LogP contribution is -2.64. The van der Waals surface area contributed by atoms with Crippen molar-refractivity contribution in [3.8, 4) is 0 Å². The van der Waals surface area contributed by atoms with E-state index in [1.165, 1.54) is 12.1 Å². The number of carbonyl (C=O) groups is 1. The van der Waals surface area contributed by atoms with E-state index in [4.69, 9.17) is 0 Å². The average molecular weight is 276 g/mol. The molecule has 1 aliphatic carbocycles. The molecule has 6 nitrogen and oxygen atoms in total. The van der Waals surface area contributed by atoms with Crippen molar-refractivity contribution in [2.24, 2.45) is 5.92 Å². The summed E-state index contributed by atoms with van der Waals surface area (Å²) < 4.78 is 0. The molecule has 1 saturated heterocycles. The third kappa shape index (κ3) is 2.06. The van der Waals surface area contributed by atoms with Crippen LogP contribution in [0.3, 0.4) is 0 Å². The number of aliphatic hydroxyl groups is 1. The fraction of sp³-hybridized carbons (Fsp3) is 0.500. The molecule has 6 heteroatoms. The van der Waals surface area contributed by atoms with Crippen LogP contribution in [-0.2, 0) is 0 Å². The van der Waals surface area contributed by atoms with Crippen LogP contribution in [0.4, 0.5) is 5.69 Å². The van der Waals surface area contributed by atoms with E-state index in [2.05, 4.69) is 0 Å². The summed E-state index contributed by atoms with van der Waals surface area (Å²) in [4.78, 5) is 24.2. The Balaban J connectivity index is 1.78. The Morgan fingerprint density at radius 2 is 2.10 bits per heavy atom. The lowest BCUT2D eigenvalue weighted by Gasteiger charge is -2.47. The molecule has 1 aromatic rings. The second-order valence-corrected chi connectivity index (χ2v) is 5.80. The summed E-state index contributed by atoms with van der Waals surface area (Å²) in [6, 6.07) is 4.28. The van der Waals surface area contributed by atoms with Crippen LogP contribution < -0.4 is 0 Å². The molecule has 0 atom stereocenters. The highest BCUT2D eigenvalue weighted by atomic mass is 16.6. The van der Waals surface area contributed by atoms with Gasteiger partial charge >= 0.3 is 0 Å². The van der Waals surface area contributed by atoms with Crippen LogP contribution >= 0.6 is 0 Å². The van der Waals surface area contributed by atoms with Crippen molar-refractivity contribution in [1.29, 1.82) is 0 Å². The third-order valence-corrected chi connectivity index (χ3v) is 4.22. The van der Waals surface area contributed by atoms with Crippen LogP contribution in [-0.4, -0.2) is 39.5 Å². The van der Waals surface area contributed by atoms with Crippen LogP contribution in [0.15, 0.2) is 18.2 Å². The van der Waals surface area contributed by atoms with Gasteiger partial charge in [-0.1, -0.05) is 6.07 Å². The van der Waals surface area contributed by atoms with Gasteiger partial charge in [0.1, 0.15) is 5.60 Å². The van der Waals surface area contributed by atoms with Crippen molar-refractivity contribution in [2.45, 2.75) is 25.4 Å². The van der Waals surface area contributed by atoms with E-state index in [1.54, 1.807) is 17.9 Å². The minimum absolute atomic E-state index is 0.0862. The maximum Gasteiger partial charge on any atom is 0.270 e. The Hall–Kier alpha value is -1.95. The minimum Gasteiger partial charge on any atom is -0.386 e. The maximum absolute atomic E-state index is 12.3. The summed E-state index contributed by atoms with van der Waals surface area (Å²) >= 11 is 0. The molecule has 20 heavy (non-hydrogen) atoms. The molecule has 0 unspecified atom stereocenters. The van der Waals surface area contributed by atoms with Crippen LogP contribution in [0.5, 0.6) is 0 Å². The van der Waals surface area contributed by atoms with Crippen molar-refractivity contribution in [1.82, 2.24) is 4.90 Å². The fourth-order valence-electron chi connectivity index (χ4n) is 2.76. The first-order valence-corrected chi connectivity index (χ1v) is 6.67. The van der Waals surface area contributed by atoms with Crippen molar-refractivity contribution in [3.63, 3.8) is 0 Å². The first-order chi connectivity index (χ1) is 9.40. The molecule has 2 aliphatic rings. The molecule has 1 amide bonds. The molecular formula is C14H16N2O4. The van der Waals surface area contributed by atoms with Gasteiger partial charge in [0, 0.05) is 17.7 Å². The zero-order chi connectivity index (χ0) is 14.5. The molecule has 1 aliphatic heterocycles. The first-order valence-electron chi connectivity index (χ1n) is 6.67. The van der Waals surface area contributed by atoms with Gasteiger partial charge in [0.15, 0.2) is 0 Å². The number of likely N-dealkylation sites (tertiary alicyclic amines) is 1. The van der Waals surface area contributed by atoms with Gasteiger partial charge in [-0.2, -0.15) is 0 Å². The summed E-state index contributed by atoms with van der Waals surface area (Å²) in [5.41, 5.74) is 0.237. The number of amides is 1. The van der Waals surface area contributed by atoms with E-state index in [9.17, 15) is 20.0 Å². The molecule has 1 aromatic carbocycles. The number of β-amino-alcohol motifs (C(OH)–C–C–N with tert-alkyl or cyclic N) is 1. The van der Waals surface area contributed by atoms with Crippen LogP contribution in [0.25, 0.3) is 0 Å². The number of carbonyl (C=O) groups excluding carboxylic acids is 1. The number of nitro groups is 1. The molecule has 0 spiro atoms. The van der Waals surface area contributed by atoms with Gasteiger partial charge in [0.05, 0.1) is 18.0 Å². The van der Waals surface area contributed by atoms with E-state index >= 15 is 0 Å². The number of aryl methyl sites for hydroxylation is 1. The molecule has 0 aromatic heterocycles. The maximum atomic E-state index is 12.3. The SMILES string of the molecule is Cc1ccc([N+](=O)[O-])cc1C(=O)N1CC(O)(C2CC2)C1. The average Bonchev–Trinajstić information content (AvgIpc) is 3.19. The van der Waals surface area contributed by atoms with Gasteiger partial charge in [0.25, 0.3) is 11.6 Å². The topological polar surface area (TPSA) is 83.7 Å². The second-order valence-electron chi connectivity index (χ2n) is 5.80. The zero-order valence-corrected chi connectivity index (χ0v) is 11.2. The Morgan fingerprint density at radius 1 is 1.45 bits per heavy atom. The number of benzene rings is 1. The smallest absolute Gasteiger partial charge is 0.270 e. The molecule has 0 bridgehead atoms. The lowest BCUT2D eigenvalue weighted by atomic mass is 9.88. The van der Waals surface area contributed by atoms with Crippen LogP contribution in [0.2, 0.25) is 0 Å². The molecule has 0 radical (unpaired) electrons. The number of hydrogen-bond acceptors (Lipinski definition) is 4. The second kappa shape index (κ2) is 4.28. The van der Waals surface area contributed by atoms with Gasteiger partial charge in [-0.25, -0.2) is 0 Å². The predicted octanol–water partition coefficient (Wildman–Crippen LogP) is 1.50. The quantitative estimate of drug-likeness (QED) is 0.669.